The van der Waals surface area contributed by atoms with Gasteiger partial charge in [0, 0.05) is 18.3 Å². The van der Waals surface area contributed by atoms with Gasteiger partial charge in [-0.25, -0.2) is 0 Å². The van der Waals surface area contributed by atoms with Crippen molar-refractivity contribution in [2.75, 3.05) is 5.73 Å². The zero-order chi connectivity index (χ0) is 12.1. The lowest BCUT2D eigenvalue weighted by atomic mass is 10.1. The molecule has 16 heavy (non-hydrogen) atoms. The van der Waals surface area contributed by atoms with E-state index in [0.717, 1.165) is 24.0 Å². The number of benzene rings is 1. The maximum atomic E-state index is 5.78. The van der Waals surface area contributed by atoms with Gasteiger partial charge in [-0.3, -0.25) is 0 Å². The molecule has 0 amide bonds. The van der Waals surface area contributed by atoms with Crippen molar-refractivity contribution >= 4 is 14.9 Å². The minimum atomic E-state index is 0.353. The Kier molecular flexibility index (Phi) is 4.98. The van der Waals surface area contributed by atoms with Crippen molar-refractivity contribution in [3.63, 3.8) is 0 Å². The molecule has 0 saturated carbocycles. The Bertz CT molecular complexity index is 374. The molecule has 2 nitrogen and oxygen atoms in total. The molecule has 0 bridgehead atoms. The highest BCUT2D eigenvalue weighted by Gasteiger charge is 2.07. The van der Waals surface area contributed by atoms with Crippen LogP contribution in [0.4, 0.5) is 5.69 Å². The van der Waals surface area contributed by atoms with Gasteiger partial charge >= 0.3 is 0 Å². The molecule has 0 spiro atoms. The first kappa shape index (κ1) is 13.2. The molecule has 88 valence electrons. The average Bonchev–Trinajstić information content (AvgIpc) is 2.23. The first-order chi connectivity index (χ1) is 7.54. The molecule has 2 unspecified atom stereocenters. The zero-order valence-electron chi connectivity index (χ0n) is 10.1. The monoisotopic (exact) mass is 236 g/mol. The normalized spacial score (nSPS) is 12.4. The van der Waals surface area contributed by atoms with Crippen molar-refractivity contribution < 1.29 is 0 Å². The molecule has 3 N–H and O–H groups in total. The van der Waals surface area contributed by atoms with Gasteiger partial charge in [-0.15, -0.1) is 9.24 Å². The SMILES string of the molecule is C=C(P)C(CC)NCc1cc(N)ccc1C. The third-order valence-electron chi connectivity index (χ3n) is 2.77. The molecule has 0 radical (unpaired) electrons. The molecule has 0 saturated heterocycles. The number of rotatable bonds is 5. The van der Waals surface area contributed by atoms with Gasteiger partial charge in [0.15, 0.2) is 0 Å². The first-order valence-electron chi connectivity index (χ1n) is 5.57. The van der Waals surface area contributed by atoms with Crippen LogP contribution in [0.25, 0.3) is 0 Å². The Hall–Kier alpha value is -0.850. The van der Waals surface area contributed by atoms with Gasteiger partial charge in [-0.2, -0.15) is 0 Å². The van der Waals surface area contributed by atoms with Crippen molar-refractivity contribution in [2.45, 2.75) is 32.9 Å². The Morgan fingerprint density at radius 1 is 1.56 bits per heavy atom. The molecule has 0 aliphatic heterocycles. The minimum Gasteiger partial charge on any atom is -0.399 e. The highest BCUT2D eigenvalue weighted by Crippen LogP contribution is 2.15. The van der Waals surface area contributed by atoms with E-state index in [4.69, 9.17) is 5.73 Å². The number of anilines is 1. The number of nitrogens with two attached hydrogens (primary N) is 1. The molecular formula is C13H21N2P. The maximum absolute atomic E-state index is 5.78. The fourth-order valence-corrected chi connectivity index (χ4v) is 2.01. The number of hydrogen-bond acceptors (Lipinski definition) is 2. The molecule has 0 aromatic heterocycles. The summed E-state index contributed by atoms with van der Waals surface area (Å²) >= 11 is 0. The predicted molar refractivity (Wildman–Crippen MR) is 75.4 cm³/mol. The molecule has 1 rings (SSSR count). The largest absolute Gasteiger partial charge is 0.399 e. The van der Waals surface area contributed by atoms with E-state index in [-0.39, 0.29) is 0 Å². The maximum Gasteiger partial charge on any atom is 0.0317 e. The van der Waals surface area contributed by atoms with Crippen LogP contribution in [0, 0.1) is 6.92 Å². The number of nitrogens with one attached hydrogen (secondary N) is 1. The van der Waals surface area contributed by atoms with Crippen molar-refractivity contribution in [3.8, 4) is 0 Å². The molecule has 2 atom stereocenters. The standard InChI is InChI=1S/C13H21N2P/c1-4-13(10(3)16)15-8-11-7-12(14)6-5-9(11)2/h5-7,13,15H,3-4,8,14,16H2,1-2H3. The fourth-order valence-electron chi connectivity index (χ4n) is 1.65. The second-order valence-electron chi connectivity index (χ2n) is 4.10. The van der Waals surface area contributed by atoms with Crippen LogP contribution in [0.15, 0.2) is 30.1 Å². The minimum absolute atomic E-state index is 0.353. The molecular weight excluding hydrogens is 215 g/mol. The van der Waals surface area contributed by atoms with Crippen LogP contribution in [0.5, 0.6) is 0 Å². The lowest BCUT2D eigenvalue weighted by molar-refractivity contribution is 0.571. The Labute approximate surface area is 101 Å². The van der Waals surface area contributed by atoms with Crippen molar-refractivity contribution in [2.24, 2.45) is 0 Å². The fraction of sp³-hybridized carbons (Fsp3) is 0.385. The van der Waals surface area contributed by atoms with Gasteiger partial charge in [0.25, 0.3) is 0 Å². The highest BCUT2D eigenvalue weighted by molar-refractivity contribution is 7.22. The van der Waals surface area contributed by atoms with E-state index < -0.39 is 0 Å². The lowest BCUT2D eigenvalue weighted by Gasteiger charge is -2.17. The summed E-state index contributed by atoms with van der Waals surface area (Å²) in [6.45, 7) is 9.05. The van der Waals surface area contributed by atoms with Crippen LogP contribution in [0.3, 0.4) is 0 Å². The lowest BCUT2D eigenvalue weighted by Crippen LogP contribution is -2.28. The van der Waals surface area contributed by atoms with E-state index in [1.54, 1.807) is 0 Å². The summed E-state index contributed by atoms with van der Waals surface area (Å²) in [6.07, 6.45) is 1.05. The highest BCUT2D eigenvalue weighted by atomic mass is 31.0. The zero-order valence-corrected chi connectivity index (χ0v) is 11.2. The summed E-state index contributed by atoms with van der Waals surface area (Å²) in [4.78, 5) is 0. The van der Waals surface area contributed by atoms with Gasteiger partial charge in [-0.05, 0) is 41.9 Å². The molecule has 1 aromatic carbocycles. The van der Waals surface area contributed by atoms with Gasteiger partial charge in [0.05, 0.1) is 0 Å². The Morgan fingerprint density at radius 3 is 2.81 bits per heavy atom. The number of aryl methyl sites for hydroxylation is 1. The predicted octanol–water partition coefficient (Wildman–Crippen LogP) is 2.83. The van der Waals surface area contributed by atoms with Crippen LogP contribution in [0.2, 0.25) is 0 Å². The third kappa shape index (κ3) is 3.62. The Balaban J connectivity index is 2.66. The number of nitrogen functional groups attached to an aromatic ring is 1. The van der Waals surface area contributed by atoms with Crippen LogP contribution >= 0.6 is 9.24 Å². The van der Waals surface area contributed by atoms with Crippen LogP contribution in [-0.4, -0.2) is 6.04 Å². The third-order valence-corrected chi connectivity index (χ3v) is 3.17. The summed E-state index contributed by atoms with van der Waals surface area (Å²) < 4.78 is 0. The second kappa shape index (κ2) is 6.03. The molecule has 1 aromatic rings. The summed E-state index contributed by atoms with van der Waals surface area (Å²) in [5.41, 5.74) is 9.12. The molecule has 0 heterocycles. The van der Waals surface area contributed by atoms with E-state index in [0.29, 0.717) is 6.04 Å². The van der Waals surface area contributed by atoms with Gasteiger partial charge in [0.1, 0.15) is 0 Å². The summed E-state index contributed by atoms with van der Waals surface area (Å²) in [7, 11) is 2.67. The van der Waals surface area contributed by atoms with Crippen LogP contribution < -0.4 is 11.1 Å². The quantitative estimate of drug-likeness (QED) is 0.609. The summed E-state index contributed by atoms with van der Waals surface area (Å²) in [5, 5.41) is 4.58. The molecule has 0 aliphatic rings. The Morgan fingerprint density at radius 2 is 2.25 bits per heavy atom. The van der Waals surface area contributed by atoms with Crippen molar-refractivity contribution in [1.82, 2.24) is 5.32 Å². The smallest absolute Gasteiger partial charge is 0.0317 e. The van der Waals surface area contributed by atoms with E-state index >= 15 is 0 Å². The van der Waals surface area contributed by atoms with Crippen LogP contribution in [0.1, 0.15) is 24.5 Å². The van der Waals surface area contributed by atoms with E-state index in [9.17, 15) is 0 Å². The molecule has 3 heteroatoms. The average molecular weight is 236 g/mol. The van der Waals surface area contributed by atoms with E-state index in [1.807, 2.05) is 12.1 Å². The second-order valence-corrected chi connectivity index (χ2v) is 4.84. The first-order valence-corrected chi connectivity index (χ1v) is 6.15. The van der Waals surface area contributed by atoms with Gasteiger partial charge in [-0.1, -0.05) is 19.6 Å². The summed E-state index contributed by atoms with van der Waals surface area (Å²) in [5.74, 6) is 0. The molecule has 0 fully saturated rings. The topological polar surface area (TPSA) is 38.0 Å². The van der Waals surface area contributed by atoms with E-state index in [2.05, 4.69) is 41.0 Å². The van der Waals surface area contributed by atoms with Gasteiger partial charge in [0.2, 0.25) is 0 Å². The van der Waals surface area contributed by atoms with Gasteiger partial charge < -0.3 is 11.1 Å². The molecule has 0 aliphatic carbocycles. The number of hydrogen-bond donors (Lipinski definition) is 2. The summed E-state index contributed by atoms with van der Waals surface area (Å²) in [6, 6.07) is 6.37. The van der Waals surface area contributed by atoms with Crippen LogP contribution in [-0.2, 0) is 6.54 Å². The van der Waals surface area contributed by atoms with Crippen molar-refractivity contribution in [1.29, 1.82) is 0 Å². The van der Waals surface area contributed by atoms with E-state index in [1.165, 1.54) is 11.1 Å². The van der Waals surface area contributed by atoms with Crippen molar-refractivity contribution in [3.05, 3.63) is 41.2 Å².